The summed E-state index contributed by atoms with van der Waals surface area (Å²) in [6.45, 7) is -0.155. The standard InChI is InChI=1S/C23H18N4O2S/c28-21(26-25-13-7-10-17-8-3-1-4-9-17)15-27-16-24-22-19(23(27)29)14-20(30-22)18-11-5-2-6-12-18/h1-14,16H,15H2,(H,26,28)/b10-7+,25-13?. The van der Waals surface area contributed by atoms with E-state index in [1.54, 1.807) is 6.08 Å². The van der Waals surface area contributed by atoms with Gasteiger partial charge in [0.05, 0.1) is 11.7 Å². The topological polar surface area (TPSA) is 76.3 Å². The Balaban J connectivity index is 1.42. The zero-order valence-corrected chi connectivity index (χ0v) is 16.8. The van der Waals surface area contributed by atoms with Gasteiger partial charge in [-0.2, -0.15) is 5.10 Å². The fourth-order valence-electron chi connectivity index (χ4n) is 2.88. The van der Waals surface area contributed by atoms with Crippen molar-refractivity contribution in [3.8, 4) is 10.4 Å². The van der Waals surface area contributed by atoms with Crippen LogP contribution in [-0.2, 0) is 11.3 Å². The highest BCUT2D eigenvalue weighted by atomic mass is 32.1. The summed E-state index contributed by atoms with van der Waals surface area (Å²) in [4.78, 5) is 30.8. The van der Waals surface area contributed by atoms with Crippen LogP contribution in [0.4, 0.5) is 0 Å². The molecule has 0 saturated carbocycles. The predicted octanol–water partition coefficient (Wildman–Crippen LogP) is 3.94. The van der Waals surface area contributed by atoms with E-state index in [-0.39, 0.29) is 12.1 Å². The smallest absolute Gasteiger partial charge is 0.262 e. The fourth-order valence-corrected chi connectivity index (χ4v) is 3.87. The molecule has 0 aliphatic rings. The van der Waals surface area contributed by atoms with Crippen LogP contribution < -0.4 is 11.0 Å². The molecule has 2 aromatic carbocycles. The summed E-state index contributed by atoms with van der Waals surface area (Å²) in [7, 11) is 0. The summed E-state index contributed by atoms with van der Waals surface area (Å²) in [5.74, 6) is -0.402. The normalized spacial score (nSPS) is 11.5. The van der Waals surface area contributed by atoms with Crippen LogP contribution in [0.25, 0.3) is 26.7 Å². The molecule has 6 nitrogen and oxygen atoms in total. The molecular formula is C23H18N4O2S. The Morgan fingerprint density at radius 3 is 2.60 bits per heavy atom. The molecule has 0 bridgehead atoms. The van der Waals surface area contributed by atoms with E-state index < -0.39 is 5.91 Å². The quantitative estimate of drug-likeness (QED) is 0.384. The first-order chi connectivity index (χ1) is 14.7. The van der Waals surface area contributed by atoms with E-state index in [4.69, 9.17) is 0 Å². The average molecular weight is 414 g/mol. The van der Waals surface area contributed by atoms with E-state index in [1.165, 1.54) is 28.4 Å². The minimum atomic E-state index is -0.402. The van der Waals surface area contributed by atoms with Gasteiger partial charge in [0.15, 0.2) is 0 Å². The van der Waals surface area contributed by atoms with Crippen LogP contribution in [0.2, 0.25) is 0 Å². The number of fused-ring (bicyclic) bond motifs is 1. The predicted molar refractivity (Wildman–Crippen MR) is 121 cm³/mol. The number of aromatic nitrogens is 2. The highest BCUT2D eigenvalue weighted by molar-refractivity contribution is 7.21. The molecule has 0 aliphatic heterocycles. The van der Waals surface area contributed by atoms with E-state index in [0.29, 0.717) is 10.2 Å². The van der Waals surface area contributed by atoms with Crippen molar-refractivity contribution < 1.29 is 4.79 Å². The average Bonchev–Trinajstić information content (AvgIpc) is 3.22. The number of rotatable bonds is 6. The van der Waals surface area contributed by atoms with Crippen molar-refractivity contribution in [2.24, 2.45) is 5.10 Å². The summed E-state index contributed by atoms with van der Waals surface area (Å²) in [6, 6.07) is 21.4. The van der Waals surface area contributed by atoms with Crippen LogP contribution in [0.5, 0.6) is 0 Å². The molecule has 0 fully saturated rings. The number of nitrogens with zero attached hydrogens (tertiary/aromatic N) is 3. The molecule has 30 heavy (non-hydrogen) atoms. The van der Waals surface area contributed by atoms with Gasteiger partial charge in [-0.15, -0.1) is 11.3 Å². The van der Waals surface area contributed by atoms with Crippen molar-refractivity contribution in [2.75, 3.05) is 0 Å². The highest BCUT2D eigenvalue weighted by Crippen LogP contribution is 2.30. The molecule has 0 unspecified atom stereocenters. The van der Waals surface area contributed by atoms with Gasteiger partial charge in [-0.25, -0.2) is 10.4 Å². The lowest BCUT2D eigenvalue weighted by molar-refractivity contribution is -0.121. The van der Waals surface area contributed by atoms with E-state index in [2.05, 4.69) is 15.5 Å². The minimum absolute atomic E-state index is 0.155. The van der Waals surface area contributed by atoms with Crippen LogP contribution >= 0.6 is 11.3 Å². The first-order valence-corrected chi connectivity index (χ1v) is 10.1. The number of hydrazone groups is 1. The summed E-state index contributed by atoms with van der Waals surface area (Å²) in [5, 5.41) is 4.38. The third-order valence-electron chi connectivity index (χ3n) is 4.33. The highest BCUT2D eigenvalue weighted by Gasteiger charge is 2.12. The number of thiophene rings is 1. The maximum atomic E-state index is 12.7. The molecule has 148 valence electrons. The van der Waals surface area contributed by atoms with Crippen molar-refractivity contribution in [3.63, 3.8) is 0 Å². The van der Waals surface area contributed by atoms with Crippen LogP contribution in [0.3, 0.4) is 0 Å². The van der Waals surface area contributed by atoms with E-state index in [9.17, 15) is 9.59 Å². The molecule has 0 saturated heterocycles. The lowest BCUT2D eigenvalue weighted by Gasteiger charge is -2.03. The second kappa shape index (κ2) is 9.11. The molecule has 2 aromatic heterocycles. The molecule has 0 aliphatic carbocycles. The van der Waals surface area contributed by atoms with Gasteiger partial charge in [0.2, 0.25) is 0 Å². The van der Waals surface area contributed by atoms with Crippen LogP contribution in [0.15, 0.2) is 89.0 Å². The summed E-state index contributed by atoms with van der Waals surface area (Å²) in [6.07, 6.45) is 6.49. The molecule has 4 rings (SSSR count). The second-order valence-electron chi connectivity index (χ2n) is 6.46. The Labute approximate surface area is 176 Å². The molecule has 4 aromatic rings. The van der Waals surface area contributed by atoms with Gasteiger partial charge in [0.1, 0.15) is 11.4 Å². The van der Waals surface area contributed by atoms with Gasteiger partial charge in [-0.05, 0) is 23.3 Å². The number of carbonyl (C=O) groups excluding carboxylic acids is 1. The van der Waals surface area contributed by atoms with Crippen LogP contribution in [0, 0.1) is 0 Å². The van der Waals surface area contributed by atoms with Gasteiger partial charge in [0, 0.05) is 11.1 Å². The molecule has 0 radical (unpaired) electrons. The Morgan fingerprint density at radius 1 is 1.10 bits per heavy atom. The monoisotopic (exact) mass is 414 g/mol. The summed E-state index contributed by atoms with van der Waals surface area (Å²) in [5.41, 5.74) is 4.23. The first-order valence-electron chi connectivity index (χ1n) is 9.29. The van der Waals surface area contributed by atoms with Gasteiger partial charge in [-0.3, -0.25) is 14.2 Å². The van der Waals surface area contributed by atoms with Crippen molar-refractivity contribution in [3.05, 3.63) is 95.1 Å². The molecule has 7 heteroatoms. The lowest BCUT2D eigenvalue weighted by atomic mass is 10.2. The number of hydrogen-bond donors (Lipinski definition) is 1. The Morgan fingerprint density at radius 2 is 1.83 bits per heavy atom. The molecule has 1 amide bonds. The molecular weight excluding hydrogens is 396 g/mol. The molecule has 0 spiro atoms. The van der Waals surface area contributed by atoms with Crippen molar-refractivity contribution in [1.82, 2.24) is 15.0 Å². The Bertz CT molecular complexity index is 1280. The maximum Gasteiger partial charge on any atom is 0.262 e. The number of benzene rings is 2. The van der Waals surface area contributed by atoms with E-state index in [1.807, 2.05) is 72.8 Å². The minimum Gasteiger partial charge on any atom is -0.289 e. The molecule has 0 atom stereocenters. The SMILES string of the molecule is O=C(Cn1cnc2sc(-c3ccccc3)cc2c1=O)NN=C/C=C/c1ccccc1. The third-order valence-corrected chi connectivity index (χ3v) is 5.42. The molecule has 1 N–H and O–H groups in total. The maximum absolute atomic E-state index is 12.7. The van der Waals surface area contributed by atoms with Crippen LogP contribution in [-0.4, -0.2) is 21.7 Å². The largest absolute Gasteiger partial charge is 0.289 e. The Kier molecular flexibility index (Phi) is 5.91. The van der Waals surface area contributed by atoms with Crippen molar-refractivity contribution in [1.29, 1.82) is 0 Å². The van der Waals surface area contributed by atoms with Gasteiger partial charge in [0.25, 0.3) is 11.5 Å². The number of amides is 1. The summed E-state index contributed by atoms with van der Waals surface area (Å²) >= 11 is 1.45. The zero-order valence-electron chi connectivity index (χ0n) is 15.9. The number of allylic oxidation sites excluding steroid dienone is 1. The number of carbonyl (C=O) groups is 1. The van der Waals surface area contributed by atoms with E-state index >= 15 is 0 Å². The summed E-state index contributed by atoms with van der Waals surface area (Å²) < 4.78 is 1.29. The second-order valence-corrected chi connectivity index (χ2v) is 7.49. The van der Waals surface area contributed by atoms with Gasteiger partial charge in [-0.1, -0.05) is 66.7 Å². The lowest BCUT2D eigenvalue weighted by Crippen LogP contribution is -2.29. The van der Waals surface area contributed by atoms with E-state index in [0.717, 1.165) is 16.0 Å². The third kappa shape index (κ3) is 4.59. The fraction of sp³-hybridized carbons (Fsp3) is 0.0435. The van der Waals surface area contributed by atoms with Gasteiger partial charge < -0.3 is 0 Å². The number of nitrogens with one attached hydrogen (secondary N) is 1. The van der Waals surface area contributed by atoms with Gasteiger partial charge >= 0.3 is 0 Å². The van der Waals surface area contributed by atoms with Crippen molar-refractivity contribution >= 4 is 39.8 Å². The zero-order chi connectivity index (χ0) is 20.8. The van der Waals surface area contributed by atoms with Crippen LogP contribution in [0.1, 0.15) is 5.56 Å². The first kappa shape index (κ1) is 19.5. The van der Waals surface area contributed by atoms with Crippen molar-refractivity contribution in [2.45, 2.75) is 6.54 Å². The Hall–Kier alpha value is -3.84. The number of hydrogen-bond acceptors (Lipinski definition) is 5. The molecule has 2 heterocycles.